The van der Waals surface area contributed by atoms with Crippen molar-refractivity contribution >= 4 is 23.3 Å². The van der Waals surface area contributed by atoms with Crippen LogP contribution in [0, 0.1) is 0 Å². The summed E-state index contributed by atoms with van der Waals surface area (Å²) in [7, 11) is 1.60. The Hall–Kier alpha value is -2.31. The van der Waals surface area contributed by atoms with Gasteiger partial charge in [-0.15, -0.1) is 0 Å². The van der Waals surface area contributed by atoms with Crippen LogP contribution in [0.5, 0.6) is 5.75 Å². The number of likely N-dealkylation sites (tertiary alicyclic amines) is 1. The van der Waals surface area contributed by atoms with Gasteiger partial charge in [0.25, 0.3) is 0 Å². The molecule has 0 bridgehead atoms. The number of benzene rings is 1. The van der Waals surface area contributed by atoms with Crippen LogP contribution in [-0.4, -0.2) is 40.7 Å². The summed E-state index contributed by atoms with van der Waals surface area (Å²) in [6, 6.07) is 10.0. The molecule has 0 saturated carbocycles. The fourth-order valence-electron chi connectivity index (χ4n) is 3.38. The zero-order valence-corrected chi connectivity index (χ0v) is 15.5. The summed E-state index contributed by atoms with van der Waals surface area (Å²) in [6.07, 6.45) is 3.10. The van der Waals surface area contributed by atoms with E-state index in [0.717, 1.165) is 17.7 Å². The summed E-state index contributed by atoms with van der Waals surface area (Å²) in [6.45, 7) is 2.31. The third-order valence-corrected chi connectivity index (χ3v) is 5.14. The van der Waals surface area contributed by atoms with Crippen LogP contribution in [-0.2, 0) is 5.60 Å². The van der Waals surface area contributed by atoms with Crippen molar-refractivity contribution in [2.24, 2.45) is 0 Å². The fraction of sp³-hybridized carbons (Fsp3) is 0.368. The molecule has 1 aromatic carbocycles. The molecule has 0 unspecified atom stereocenters. The second kappa shape index (κ2) is 7.51. The first kappa shape index (κ1) is 18.5. The average Bonchev–Trinajstić information content (AvgIpc) is 3.14. The maximum absolute atomic E-state index is 12.8. The Morgan fingerprint density at radius 1 is 1.38 bits per heavy atom. The van der Waals surface area contributed by atoms with Gasteiger partial charge in [0.1, 0.15) is 11.4 Å². The van der Waals surface area contributed by atoms with Crippen LogP contribution in [0.2, 0.25) is 5.15 Å². The van der Waals surface area contributed by atoms with Crippen LogP contribution in [0.25, 0.3) is 0 Å². The molecule has 138 valence electrons. The second-order valence-electron chi connectivity index (χ2n) is 6.50. The number of hydrogen-bond acceptors (Lipinski definition) is 4. The minimum atomic E-state index is -1.18. The van der Waals surface area contributed by atoms with Crippen LogP contribution in [0.3, 0.4) is 0 Å². The smallest absolute Gasteiger partial charge is 0.322 e. The predicted molar refractivity (Wildman–Crippen MR) is 101 cm³/mol. The number of aromatic nitrogens is 1. The number of halogens is 1. The quantitative estimate of drug-likeness (QED) is 0.800. The van der Waals surface area contributed by atoms with Gasteiger partial charge in [0.15, 0.2) is 5.15 Å². The van der Waals surface area contributed by atoms with E-state index in [0.29, 0.717) is 18.7 Å². The molecule has 2 amide bonds. The van der Waals surface area contributed by atoms with E-state index in [9.17, 15) is 9.90 Å². The molecule has 1 aromatic heterocycles. The van der Waals surface area contributed by atoms with E-state index in [-0.39, 0.29) is 17.2 Å². The lowest BCUT2D eigenvalue weighted by molar-refractivity contribution is -0.00944. The highest BCUT2D eigenvalue weighted by Gasteiger charge is 2.42. The standard InChI is InChI=1S/C19H22ClN3O3/c1-19(25,13-7-9-14(26-2)10-8-13)16-6-4-12-23(16)18(24)22-15-5-3-11-21-17(15)20/h3,5,7-11,16,25H,4,6,12H2,1-2H3,(H,22,24)/t16-,19-/m1/s1. The van der Waals surface area contributed by atoms with E-state index in [2.05, 4.69) is 10.3 Å². The van der Waals surface area contributed by atoms with Gasteiger partial charge in [-0.05, 0) is 49.6 Å². The van der Waals surface area contributed by atoms with Crippen molar-refractivity contribution in [1.82, 2.24) is 9.88 Å². The number of pyridine rings is 1. The van der Waals surface area contributed by atoms with E-state index in [1.54, 1.807) is 49.4 Å². The maximum Gasteiger partial charge on any atom is 0.322 e. The van der Waals surface area contributed by atoms with Gasteiger partial charge in [0.05, 0.1) is 18.8 Å². The van der Waals surface area contributed by atoms with E-state index >= 15 is 0 Å². The van der Waals surface area contributed by atoms with Gasteiger partial charge < -0.3 is 20.1 Å². The number of nitrogens with one attached hydrogen (secondary N) is 1. The highest BCUT2D eigenvalue weighted by Crippen LogP contribution is 2.35. The van der Waals surface area contributed by atoms with Gasteiger partial charge in [0, 0.05) is 12.7 Å². The fourth-order valence-corrected chi connectivity index (χ4v) is 3.55. The van der Waals surface area contributed by atoms with E-state index in [4.69, 9.17) is 16.3 Å². The molecule has 2 heterocycles. The van der Waals surface area contributed by atoms with E-state index < -0.39 is 5.60 Å². The molecular formula is C19H22ClN3O3. The maximum atomic E-state index is 12.8. The van der Waals surface area contributed by atoms with E-state index in [1.165, 1.54) is 0 Å². The first-order chi connectivity index (χ1) is 12.4. The summed E-state index contributed by atoms with van der Waals surface area (Å²) >= 11 is 6.02. The number of carbonyl (C=O) groups excluding carboxylic acids is 1. The molecule has 6 nitrogen and oxygen atoms in total. The Balaban J connectivity index is 1.79. The Morgan fingerprint density at radius 2 is 2.12 bits per heavy atom. The molecule has 26 heavy (non-hydrogen) atoms. The number of aliphatic hydroxyl groups is 1. The highest BCUT2D eigenvalue weighted by atomic mass is 35.5. The highest BCUT2D eigenvalue weighted by molar-refractivity contribution is 6.32. The first-order valence-corrected chi connectivity index (χ1v) is 8.86. The monoisotopic (exact) mass is 375 g/mol. The summed E-state index contributed by atoms with van der Waals surface area (Å²) in [5, 5.41) is 14.2. The Bertz CT molecular complexity index is 780. The van der Waals surface area contributed by atoms with Crippen molar-refractivity contribution < 1.29 is 14.6 Å². The summed E-state index contributed by atoms with van der Waals surface area (Å²) in [4.78, 5) is 18.4. The Kier molecular flexibility index (Phi) is 5.34. The number of rotatable bonds is 4. The van der Waals surface area contributed by atoms with Gasteiger partial charge in [0.2, 0.25) is 0 Å². The molecule has 1 aliphatic rings. The molecule has 0 aliphatic carbocycles. The van der Waals surface area contributed by atoms with Crippen molar-refractivity contribution in [3.63, 3.8) is 0 Å². The van der Waals surface area contributed by atoms with Crippen molar-refractivity contribution in [3.05, 3.63) is 53.3 Å². The second-order valence-corrected chi connectivity index (χ2v) is 6.86. The molecule has 2 N–H and O–H groups in total. The van der Waals surface area contributed by atoms with Crippen molar-refractivity contribution in [1.29, 1.82) is 0 Å². The van der Waals surface area contributed by atoms with Gasteiger partial charge in [-0.25, -0.2) is 9.78 Å². The Morgan fingerprint density at radius 3 is 2.77 bits per heavy atom. The number of methoxy groups -OCH3 is 1. The normalized spacial score (nSPS) is 19.1. The topological polar surface area (TPSA) is 74.7 Å². The lowest BCUT2D eigenvalue weighted by Gasteiger charge is -2.37. The number of urea groups is 1. The lowest BCUT2D eigenvalue weighted by atomic mass is 9.86. The largest absolute Gasteiger partial charge is 0.497 e. The SMILES string of the molecule is COc1ccc([C@@](C)(O)[C@H]2CCCN2C(=O)Nc2cccnc2Cl)cc1. The van der Waals surface area contributed by atoms with Crippen LogP contribution >= 0.6 is 11.6 Å². The minimum Gasteiger partial charge on any atom is -0.497 e. The van der Waals surface area contributed by atoms with Crippen LogP contribution < -0.4 is 10.1 Å². The van der Waals surface area contributed by atoms with E-state index in [1.807, 2.05) is 12.1 Å². The molecular weight excluding hydrogens is 354 g/mol. The number of amides is 2. The number of nitrogens with zero attached hydrogens (tertiary/aromatic N) is 2. The number of anilines is 1. The summed E-state index contributed by atoms with van der Waals surface area (Å²) < 4.78 is 5.17. The Labute approximate surface area is 157 Å². The third kappa shape index (κ3) is 3.61. The average molecular weight is 376 g/mol. The van der Waals surface area contributed by atoms with Gasteiger partial charge >= 0.3 is 6.03 Å². The zero-order valence-electron chi connectivity index (χ0n) is 14.8. The van der Waals surface area contributed by atoms with Crippen molar-refractivity contribution in [2.45, 2.75) is 31.4 Å². The summed E-state index contributed by atoms with van der Waals surface area (Å²) in [5.41, 5.74) is 0.00933. The number of ether oxygens (including phenoxy) is 1. The molecule has 1 fully saturated rings. The molecule has 1 saturated heterocycles. The third-order valence-electron chi connectivity index (χ3n) is 4.84. The van der Waals surface area contributed by atoms with Crippen LogP contribution in [0.4, 0.5) is 10.5 Å². The first-order valence-electron chi connectivity index (χ1n) is 8.48. The zero-order chi connectivity index (χ0) is 18.7. The van der Waals surface area contributed by atoms with Crippen LogP contribution in [0.15, 0.2) is 42.6 Å². The van der Waals surface area contributed by atoms with Crippen LogP contribution in [0.1, 0.15) is 25.3 Å². The van der Waals surface area contributed by atoms with Crippen molar-refractivity contribution in [2.75, 3.05) is 19.0 Å². The summed E-state index contributed by atoms with van der Waals surface area (Å²) in [5.74, 6) is 0.719. The molecule has 3 rings (SSSR count). The number of hydrogen-bond donors (Lipinski definition) is 2. The molecule has 2 atom stereocenters. The van der Waals surface area contributed by atoms with Gasteiger partial charge in [-0.2, -0.15) is 0 Å². The molecule has 1 aliphatic heterocycles. The lowest BCUT2D eigenvalue weighted by Crippen LogP contribution is -2.49. The van der Waals surface area contributed by atoms with Gasteiger partial charge in [-0.3, -0.25) is 0 Å². The minimum absolute atomic E-state index is 0.235. The molecule has 0 radical (unpaired) electrons. The van der Waals surface area contributed by atoms with Gasteiger partial charge in [-0.1, -0.05) is 23.7 Å². The molecule has 7 heteroatoms. The molecule has 0 spiro atoms. The predicted octanol–water partition coefficient (Wildman–Crippen LogP) is 3.65. The number of carbonyl (C=O) groups is 1. The van der Waals surface area contributed by atoms with Crippen molar-refractivity contribution in [3.8, 4) is 5.75 Å². The molecule has 2 aromatic rings.